The van der Waals surface area contributed by atoms with Crippen molar-refractivity contribution in [1.29, 1.82) is 0 Å². The quantitative estimate of drug-likeness (QED) is 0.338. The van der Waals surface area contributed by atoms with E-state index in [0.29, 0.717) is 18.5 Å². The van der Waals surface area contributed by atoms with Gasteiger partial charge < -0.3 is 10.0 Å². The molecular formula is C27H26BrFN2O. The summed E-state index contributed by atoms with van der Waals surface area (Å²) < 4.78 is 15.3. The Labute approximate surface area is 196 Å². The van der Waals surface area contributed by atoms with E-state index in [1.807, 2.05) is 79.7 Å². The van der Waals surface area contributed by atoms with Gasteiger partial charge >= 0.3 is 0 Å². The first kappa shape index (κ1) is 22.6. The monoisotopic (exact) mass is 492 g/mol. The van der Waals surface area contributed by atoms with Crippen LogP contribution in [-0.4, -0.2) is 35.6 Å². The van der Waals surface area contributed by atoms with E-state index in [-0.39, 0.29) is 5.82 Å². The topological polar surface area (TPSA) is 36.4 Å². The van der Waals surface area contributed by atoms with Gasteiger partial charge in [0.25, 0.3) is 0 Å². The molecule has 0 amide bonds. The highest BCUT2D eigenvalue weighted by atomic mass is 79.9. The molecule has 1 aromatic heterocycles. The summed E-state index contributed by atoms with van der Waals surface area (Å²) >= 11 is 3.51. The molecule has 3 aromatic carbocycles. The van der Waals surface area contributed by atoms with E-state index in [4.69, 9.17) is 4.98 Å². The van der Waals surface area contributed by atoms with E-state index in [1.54, 1.807) is 12.1 Å². The highest BCUT2D eigenvalue weighted by Gasteiger charge is 2.41. The third kappa shape index (κ3) is 4.75. The summed E-state index contributed by atoms with van der Waals surface area (Å²) in [5.74, 6) is -0.840. The molecule has 0 aliphatic rings. The average Bonchev–Trinajstić information content (AvgIpc) is 2.78. The van der Waals surface area contributed by atoms with Gasteiger partial charge in [0, 0.05) is 16.4 Å². The number of fused-ring (bicyclic) bond motifs is 1. The standard InChI is InChI=1S/C27H26BrFN2O/c1-31(2)16-15-27(32,21-9-6-10-23(29)18-21)26(19-7-4-3-5-8-19)25-13-11-20-17-22(28)12-14-24(20)30-25/h3-14,17-18,26,32H,15-16H2,1-2H3/t26?,27-/m1/s1. The van der Waals surface area contributed by atoms with Gasteiger partial charge in [0.2, 0.25) is 0 Å². The van der Waals surface area contributed by atoms with Gasteiger partial charge in [0.1, 0.15) is 11.4 Å². The van der Waals surface area contributed by atoms with Gasteiger partial charge in [-0.05, 0) is 68.0 Å². The second-order valence-electron chi connectivity index (χ2n) is 8.40. The number of aromatic nitrogens is 1. The molecule has 0 radical (unpaired) electrons. The molecule has 5 heteroatoms. The molecule has 0 fully saturated rings. The van der Waals surface area contributed by atoms with Crippen LogP contribution >= 0.6 is 15.9 Å². The Kier molecular flexibility index (Phi) is 6.70. The van der Waals surface area contributed by atoms with Gasteiger partial charge in [-0.25, -0.2) is 4.39 Å². The van der Waals surface area contributed by atoms with Crippen LogP contribution in [0.5, 0.6) is 0 Å². The number of hydrogen-bond donors (Lipinski definition) is 1. The van der Waals surface area contributed by atoms with Crippen LogP contribution in [0.2, 0.25) is 0 Å². The van der Waals surface area contributed by atoms with Crippen molar-refractivity contribution in [2.45, 2.75) is 17.9 Å². The van der Waals surface area contributed by atoms with Gasteiger partial charge in [-0.15, -0.1) is 0 Å². The molecular weight excluding hydrogens is 467 g/mol. The predicted octanol–water partition coefficient (Wildman–Crippen LogP) is 6.11. The molecule has 1 N–H and O–H groups in total. The molecule has 164 valence electrons. The molecule has 4 aromatic rings. The Hall–Kier alpha value is -2.60. The molecule has 3 nitrogen and oxygen atoms in total. The van der Waals surface area contributed by atoms with Gasteiger partial charge in [-0.3, -0.25) is 4.98 Å². The molecule has 2 atom stereocenters. The zero-order valence-electron chi connectivity index (χ0n) is 18.2. The number of benzene rings is 3. The van der Waals surface area contributed by atoms with E-state index in [9.17, 15) is 9.50 Å². The summed E-state index contributed by atoms with van der Waals surface area (Å²) in [6.07, 6.45) is 0.420. The molecule has 0 bridgehead atoms. The van der Waals surface area contributed by atoms with Gasteiger partial charge in [-0.2, -0.15) is 0 Å². The van der Waals surface area contributed by atoms with E-state index in [0.717, 1.165) is 26.6 Å². The highest BCUT2D eigenvalue weighted by molar-refractivity contribution is 9.10. The van der Waals surface area contributed by atoms with Crippen molar-refractivity contribution in [2.24, 2.45) is 0 Å². The van der Waals surface area contributed by atoms with E-state index in [2.05, 4.69) is 15.9 Å². The molecule has 0 saturated heterocycles. The number of halogens is 2. The second-order valence-corrected chi connectivity index (χ2v) is 9.32. The van der Waals surface area contributed by atoms with Crippen molar-refractivity contribution in [2.75, 3.05) is 20.6 Å². The maximum atomic E-state index is 14.3. The van der Waals surface area contributed by atoms with Crippen LogP contribution in [0.4, 0.5) is 4.39 Å². The minimum absolute atomic E-state index is 0.367. The van der Waals surface area contributed by atoms with Crippen LogP contribution in [0.15, 0.2) is 89.4 Å². The fourth-order valence-electron chi connectivity index (χ4n) is 4.22. The summed E-state index contributed by atoms with van der Waals surface area (Å²) in [6, 6.07) is 26.1. The van der Waals surface area contributed by atoms with Gasteiger partial charge in [0.15, 0.2) is 0 Å². The van der Waals surface area contributed by atoms with Crippen molar-refractivity contribution in [3.63, 3.8) is 0 Å². The van der Waals surface area contributed by atoms with Gasteiger partial charge in [-0.1, -0.05) is 64.5 Å². The third-order valence-corrected chi connectivity index (χ3v) is 6.34. The molecule has 0 aliphatic carbocycles. The van der Waals surface area contributed by atoms with Crippen molar-refractivity contribution < 1.29 is 9.50 Å². The smallest absolute Gasteiger partial charge is 0.123 e. The maximum absolute atomic E-state index is 14.3. The second kappa shape index (κ2) is 9.49. The summed E-state index contributed by atoms with van der Waals surface area (Å²) in [4.78, 5) is 6.97. The molecule has 4 rings (SSSR count). The van der Waals surface area contributed by atoms with E-state index in [1.165, 1.54) is 12.1 Å². The summed E-state index contributed by atoms with van der Waals surface area (Å²) in [7, 11) is 3.94. The molecule has 0 aliphatic heterocycles. The normalized spacial score (nSPS) is 14.4. The van der Waals surface area contributed by atoms with Crippen LogP contribution in [0.3, 0.4) is 0 Å². The highest BCUT2D eigenvalue weighted by Crippen LogP contribution is 2.44. The van der Waals surface area contributed by atoms with Gasteiger partial charge in [0.05, 0.1) is 17.1 Å². The Morgan fingerprint density at radius 1 is 0.969 bits per heavy atom. The molecule has 1 unspecified atom stereocenters. The molecule has 32 heavy (non-hydrogen) atoms. The van der Waals surface area contributed by atoms with Crippen molar-refractivity contribution in [3.8, 4) is 0 Å². The minimum Gasteiger partial charge on any atom is -0.384 e. The summed E-state index contributed by atoms with van der Waals surface area (Å²) in [6.45, 7) is 0.636. The zero-order chi connectivity index (χ0) is 22.7. The summed E-state index contributed by atoms with van der Waals surface area (Å²) in [5, 5.41) is 13.3. The minimum atomic E-state index is -1.36. The predicted molar refractivity (Wildman–Crippen MR) is 131 cm³/mol. The Morgan fingerprint density at radius 3 is 2.47 bits per heavy atom. The zero-order valence-corrected chi connectivity index (χ0v) is 19.8. The average molecular weight is 493 g/mol. The fourth-order valence-corrected chi connectivity index (χ4v) is 4.60. The molecule has 0 saturated carbocycles. The Morgan fingerprint density at radius 2 is 1.75 bits per heavy atom. The maximum Gasteiger partial charge on any atom is 0.123 e. The largest absolute Gasteiger partial charge is 0.384 e. The van der Waals surface area contributed by atoms with E-state index < -0.39 is 11.5 Å². The lowest BCUT2D eigenvalue weighted by atomic mass is 9.73. The third-order valence-electron chi connectivity index (χ3n) is 5.84. The Bertz CT molecular complexity index is 1210. The fraction of sp³-hybridized carbons (Fsp3) is 0.222. The van der Waals surface area contributed by atoms with Crippen LogP contribution in [-0.2, 0) is 5.60 Å². The van der Waals surface area contributed by atoms with Crippen molar-refractivity contribution >= 4 is 26.8 Å². The van der Waals surface area contributed by atoms with Crippen LogP contribution in [0.25, 0.3) is 10.9 Å². The summed E-state index contributed by atoms with van der Waals surface area (Å²) in [5.41, 5.74) is 1.72. The number of hydrogen-bond acceptors (Lipinski definition) is 3. The number of rotatable bonds is 7. The van der Waals surface area contributed by atoms with Crippen LogP contribution in [0.1, 0.15) is 29.2 Å². The SMILES string of the molecule is CN(C)CC[C@@](O)(c1cccc(F)c1)C(c1ccccc1)c1ccc2cc(Br)ccc2n1. The van der Waals surface area contributed by atoms with Crippen LogP contribution < -0.4 is 0 Å². The first-order valence-corrected chi connectivity index (χ1v) is 11.4. The number of aliphatic hydroxyl groups is 1. The lowest BCUT2D eigenvalue weighted by Gasteiger charge is -2.38. The lowest BCUT2D eigenvalue weighted by molar-refractivity contribution is 0.00322. The molecule has 0 spiro atoms. The first-order valence-electron chi connectivity index (χ1n) is 10.6. The van der Waals surface area contributed by atoms with Crippen LogP contribution in [0, 0.1) is 5.82 Å². The number of nitrogens with zero attached hydrogens (tertiary/aromatic N) is 2. The molecule has 1 heterocycles. The lowest BCUT2D eigenvalue weighted by Crippen LogP contribution is -2.38. The Balaban J connectivity index is 1.93. The first-order chi connectivity index (χ1) is 15.4. The van der Waals surface area contributed by atoms with Crippen molar-refractivity contribution in [1.82, 2.24) is 9.88 Å². The number of pyridine rings is 1. The van der Waals surface area contributed by atoms with E-state index >= 15 is 0 Å². The van der Waals surface area contributed by atoms with Crippen molar-refractivity contribution in [3.05, 3.63) is 112 Å².